The highest BCUT2D eigenvalue weighted by Crippen LogP contribution is 2.66. The Morgan fingerprint density at radius 1 is 0.721 bits per heavy atom. The van der Waals surface area contributed by atoms with Crippen molar-refractivity contribution >= 4 is 11.6 Å². The van der Waals surface area contributed by atoms with E-state index in [1.807, 2.05) is 12.2 Å². The van der Waals surface area contributed by atoms with E-state index in [4.69, 9.17) is 6.42 Å². The summed E-state index contributed by atoms with van der Waals surface area (Å²) >= 11 is 0. The average molecular weight is 587 g/mol. The molecule has 4 heteroatoms. The third kappa shape index (κ3) is 4.37. The van der Waals surface area contributed by atoms with E-state index in [0.29, 0.717) is 41.2 Å². The van der Waals surface area contributed by atoms with Gasteiger partial charge in [0.05, 0.1) is 6.10 Å². The minimum Gasteiger partial charge on any atom is -0.393 e. The summed E-state index contributed by atoms with van der Waals surface area (Å²) in [6.45, 7) is 7.00. The first kappa shape index (κ1) is 30.0. The number of carbonyl (C=O) groups excluding carboxylic acids is 2. The molecule has 234 valence electrons. The number of carbonyl (C=O) groups is 2. The van der Waals surface area contributed by atoms with Crippen molar-refractivity contribution in [2.24, 2.45) is 57.7 Å². The normalized spacial score (nSPS) is 51.5. The predicted molar refractivity (Wildman–Crippen MR) is 169 cm³/mol. The van der Waals surface area contributed by atoms with Crippen molar-refractivity contribution in [3.05, 3.63) is 23.3 Å². The zero-order valence-electron chi connectivity index (χ0n) is 26.9. The average Bonchev–Trinajstić information content (AvgIpc) is 3.45. The largest absolute Gasteiger partial charge is 0.393 e. The molecular formula is C39H54O4. The van der Waals surface area contributed by atoms with Crippen LogP contribution in [-0.2, 0) is 9.59 Å². The molecule has 0 spiro atoms. The van der Waals surface area contributed by atoms with Crippen LogP contribution in [0.15, 0.2) is 23.3 Å². The summed E-state index contributed by atoms with van der Waals surface area (Å²) in [4.78, 5) is 23.5. The van der Waals surface area contributed by atoms with E-state index < -0.39 is 5.60 Å². The van der Waals surface area contributed by atoms with Crippen LogP contribution in [0, 0.1) is 70.0 Å². The number of rotatable bonds is 0. The van der Waals surface area contributed by atoms with Crippen molar-refractivity contribution in [1.82, 2.24) is 0 Å². The molecule has 0 aromatic carbocycles. The van der Waals surface area contributed by atoms with Crippen LogP contribution in [0.1, 0.15) is 124 Å². The summed E-state index contributed by atoms with van der Waals surface area (Å²) in [6, 6.07) is 0. The van der Waals surface area contributed by atoms with Crippen molar-refractivity contribution in [2.45, 2.75) is 135 Å². The van der Waals surface area contributed by atoms with Gasteiger partial charge >= 0.3 is 0 Å². The molecule has 0 aliphatic heterocycles. The molecule has 0 heterocycles. The van der Waals surface area contributed by atoms with E-state index >= 15 is 0 Å². The van der Waals surface area contributed by atoms with Crippen LogP contribution in [0.2, 0.25) is 0 Å². The molecule has 0 aromatic rings. The Kier molecular flexibility index (Phi) is 7.26. The number of hydrogen-bond acceptors (Lipinski definition) is 4. The van der Waals surface area contributed by atoms with Crippen molar-refractivity contribution in [3.63, 3.8) is 0 Å². The second kappa shape index (κ2) is 10.4. The molecule has 2 N–H and O–H groups in total. The van der Waals surface area contributed by atoms with Gasteiger partial charge in [-0.25, -0.2) is 0 Å². The number of fused-ring (bicyclic) bond motifs is 10. The second-order valence-electron chi connectivity index (χ2n) is 16.9. The van der Waals surface area contributed by atoms with Crippen LogP contribution < -0.4 is 0 Å². The summed E-state index contributed by atoms with van der Waals surface area (Å²) in [7, 11) is 0. The Labute approximate surface area is 259 Å². The molecule has 0 radical (unpaired) electrons. The van der Waals surface area contributed by atoms with Gasteiger partial charge in [-0.05, 0) is 154 Å². The maximum atomic E-state index is 11.8. The van der Waals surface area contributed by atoms with Gasteiger partial charge in [0, 0.05) is 18.3 Å². The maximum absolute atomic E-state index is 11.8. The highest BCUT2D eigenvalue weighted by molar-refractivity contribution is 5.92. The van der Waals surface area contributed by atoms with E-state index in [2.05, 4.69) is 26.7 Å². The standard InChI is InChI=1S/C20H26O2.C19H28O2/c1-3-20(22)11-9-18-17-6-4-13-12-14(21)5-7-15(13)16(17)8-10-19(18,20)2;1-18-9-7-13(20)11-12(18)3-4-14-15-5-6-17(21)19(15,2)10-8-16(14)18/h1,12,15-18,22H,4-11H2,2H3;11,14-17,21H,3-10H2,1-2H3/t15-,16+,17+,18-,19-,20-;14-,15-,16-,17-,18-,19-/m00/s1. The van der Waals surface area contributed by atoms with Crippen LogP contribution in [0.4, 0.5) is 0 Å². The fourth-order valence-electron chi connectivity index (χ4n) is 13.0. The van der Waals surface area contributed by atoms with Gasteiger partial charge in [-0.2, -0.15) is 0 Å². The molecule has 6 saturated carbocycles. The first-order chi connectivity index (χ1) is 20.4. The first-order valence-electron chi connectivity index (χ1n) is 17.8. The Morgan fingerprint density at radius 2 is 1.47 bits per heavy atom. The van der Waals surface area contributed by atoms with Crippen molar-refractivity contribution in [2.75, 3.05) is 0 Å². The lowest BCUT2D eigenvalue weighted by molar-refractivity contribution is -0.118. The number of aliphatic hydroxyl groups excluding tert-OH is 1. The number of aliphatic hydroxyl groups is 2. The molecule has 8 aliphatic carbocycles. The van der Waals surface area contributed by atoms with Gasteiger partial charge in [-0.15, -0.1) is 6.42 Å². The van der Waals surface area contributed by atoms with Gasteiger partial charge in [-0.1, -0.05) is 37.8 Å². The molecule has 43 heavy (non-hydrogen) atoms. The Hall–Kier alpha value is -1.70. The van der Waals surface area contributed by atoms with E-state index in [1.165, 1.54) is 43.3 Å². The fraction of sp³-hybridized carbons (Fsp3) is 0.795. The van der Waals surface area contributed by atoms with Crippen molar-refractivity contribution in [3.8, 4) is 12.3 Å². The monoisotopic (exact) mass is 586 g/mol. The third-order valence-electron chi connectivity index (χ3n) is 15.6. The van der Waals surface area contributed by atoms with E-state index in [1.54, 1.807) is 0 Å². The zero-order valence-corrected chi connectivity index (χ0v) is 26.9. The van der Waals surface area contributed by atoms with E-state index in [0.717, 1.165) is 82.5 Å². The smallest absolute Gasteiger partial charge is 0.155 e. The molecule has 0 bridgehead atoms. The molecule has 8 rings (SSSR count). The van der Waals surface area contributed by atoms with Gasteiger partial charge in [0.2, 0.25) is 0 Å². The lowest BCUT2D eigenvalue weighted by atomic mass is 9.47. The number of terminal acetylenes is 1. The first-order valence-corrected chi connectivity index (χ1v) is 17.8. The molecule has 6 fully saturated rings. The molecule has 4 nitrogen and oxygen atoms in total. The van der Waals surface area contributed by atoms with E-state index in [-0.39, 0.29) is 22.3 Å². The number of hydrogen-bond donors (Lipinski definition) is 2. The second-order valence-corrected chi connectivity index (χ2v) is 16.9. The highest BCUT2D eigenvalue weighted by atomic mass is 16.3. The fourth-order valence-corrected chi connectivity index (χ4v) is 13.0. The molecule has 12 atom stereocenters. The number of ketones is 2. The quantitative estimate of drug-likeness (QED) is 0.291. The summed E-state index contributed by atoms with van der Waals surface area (Å²) in [5.74, 6) is 8.23. The highest BCUT2D eigenvalue weighted by Gasteiger charge is 2.62. The SMILES string of the molecule is C#C[C@]1(O)CC[C@H]2[C@@H]3CCC4=CC(=O)CC[C@@H]4[C@H]3CC[C@@]21C.C[C@]12CC[C@H]3[C@@H](CCC4=CC(=O)CC[C@@]43C)[C@@H]1CC[C@@H]2O. The predicted octanol–water partition coefficient (Wildman–Crippen LogP) is 7.37. The molecule has 0 amide bonds. The Bertz CT molecular complexity index is 1290. The summed E-state index contributed by atoms with van der Waals surface area (Å²) < 4.78 is 0. The number of allylic oxidation sites excluding steroid dienone is 2. The minimum atomic E-state index is -0.902. The van der Waals surface area contributed by atoms with Crippen molar-refractivity contribution < 1.29 is 19.8 Å². The van der Waals surface area contributed by atoms with E-state index in [9.17, 15) is 19.8 Å². The summed E-state index contributed by atoms with van der Waals surface area (Å²) in [6.07, 6.45) is 26.4. The third-order valence-corrected chi connectivity index (χ3v) is 15.6. The summed E-state index contributed by atoms with van der Waals surface area (Å²) in [5, 5.41) is 21.4. The molecule has 8 aliphatic rings. The Morgan fingerprint density at radius 3 is 2.26 bits per heavy atom. The van der Waals surface area contributed by atoms with Gasteiger partial charge in [0.1, 0.15) is 5.60 Å². The van der Waals surface area contributed by atoms with Gasteiger partial charge in [0.25, 0.3) is 0 Å². The lowest BCUT2D eigenvalue weighted by Gasteiger charge is -2.57. The molecule has 0 unspecified atom stereocenters. The molecule has 0 aromatic heterocycles. The topological polar surface area (TPSA) is 74.6 Å². The van der Waals surface area contributed by atoms with Crippen LogP contribution in [-0.4, -0.2) is 33.5 Å². The minimum absolute atomic E-state index is 0.0823. The molecular weight excluding hydrogens is 532 g/mol. The van der Waals surface area contributed by atoms with Crippen LogP contribution in [0.5, 0.6) is 0 Å². The van der Waals surface area contributed by atoms with Crippen LogP contribution in [0.3, 0.4) is 0 Å². The Balaban J connectivity index is 0.000000140. The molecule has 0 saturated heterocycles. The van der Waals surface area contributed by atoms with Gasteiger partial charge in [-0.3, -0.25) is 9.59 Å². The van der Waals surface area contributed by atoms with Gasteiger partial charge < -0.3 is 10.2 Å². The van der Waals surface area contributed by atoms with Gasteiger partial charge in [0.15, 0.2) is 11.6 Å². The maximum Gasteiger partial charge on any atom is 0.155 e. The van der Waals surface area contributed by atoms with Crippen LogP contribution in [0.25, 0.3) is 0 Å². The zero-order chi connectivity index (χ0) is 30.4. The van der Waals surface area contributed by atoms with Crippen LogP contribution >= 0.6 is 0 Å². The summed E-state index contributed by atoms with van der Waals surface area (Å²) in [5.41, 5.74) is 2.30. The van der Waals surface area contributed by atoms with Crippen molar-refractivity contribution in [1.29, 1.82) is 0 Å². The lowest BCUT2D eigenvalue weighted by Crippen LogP contribution is -2.52.